The van der Waals surface area contributed by atoms with Crippen LogP contribution in [0.25, 0.3) is 0 Å². The third-order valence-corrected chi connectivity index (χ3v) is 3.45. The van der Waals surface area contributed by atoms with E-state index in [-0.39, 0.29) is 11.5 Å². The molecule has 0 unspecified atom stereocenters. The van der Waals surface area contributed by atoms with Gasteiger partial charge in [-0.05, 0) is 44.5 Å². The summed E-state index contributed by atoms with van der Waals surface area (Å²) in [6, 6.07) is 4.70. The largest absolute Gasteiger partial charge is 0.478 e. The number of hydrogen-bond acceptors (Lipinski definition) is 3. The Kier molecular flexibility index (Phi) is 3.80. The molecule has 0 fully saturated rings. The van der Waals surface area contributed by atoms with Gasteiger partial charge >= 0.3 is 5.97 Å². The Morgan fingerprint density at radius 2 is 1.90 bits per heavy atom. The SMILES string of the molecule is Cc1cc(NC(=O)c2c(C)nn(C)c2C)ccc1C(=O)O. The van der Waals surface area contributed by atoms with Crippen LogP contribution in [0.2, 0.25) is 0 Å². The first-order valence-corrected chi connectivity index (χ1v) is 6.46. The number of rotatable bonds is 3. The van der Waals surface area contributed by atoms with Crippen LogP contribution in [0.1, 0.15) is 37.7 Å². The lowest BCUT2D eigenvalue weighted by Gasteiger charge is -2.08. The number of anilines is 1. The molecule has 0 aliphatic heterocycles. The maximum Gasteiger partial charge on any atom is 0.335 e. The summed E-state index contributed by atoms with van der Waals surface area (Å²) in [5, 5.41) is 16.0. The number of aromatic nitrogens is 2. The minimum absolute atomic E-state index is 0.224. The first-order valence-electron chi connectivity index (χ1n) is 6.46. The number of nitrogens with one attached hydrogen (secondary N) is 1. The summed E-state index contributed by atoms with van der Waals surface area (Å²) in [5.74, 6) is -1.23. The average Bonchev–Trinajstić information content (AvgIpc) is 2.62. The summed E-state index contributed by atoms with van der Waals surface area (Å²) < 4.78 is 1.66. The van der Waals surface area contributed by atoms with E-state index in [0.717, 1.165) is 5.69 Å². The molecule has 1 aromatic carbocycles. The van der Waals surface area contributed by atoms with Gasteiger partial charge in [0.25, 0.3) is 5.91 Å². The van der Waals surface area contributed by atoms with Gasteiger partial charge in [-0.15, -0.1) is 0 Å². The zero-order valence-electron chi connectivity index (χ0n) is 12.4. The Morgan fingerprint density at radius 1 is 1.24 bits per heavy atom. The van der Waals surface area contributed by atoms with E-state index in [2.05, 4.69) is 10.4 Å². The summed E-state index contributed by atoms with van der Waals surface area (Å²) >= 11 is 0. The van der Waals surface area contributed by atoms with Gasteiger partial charge in [0.2, 0.25) is 0 Å². The van der Waals surface area contributed by atoms with Crippen molar-refractivity contribution < 1.29 is 14.7 Å². The van der Waals surface area contributed by atoms with Gasteiger partial charge in [-0.25, -0.2) is 4.79 Å². The topological polar surface area (TPSA) is 84.2 Å². The molecule has 2 N–H and O–H groups in total. The quantitative estimate of drug-likeness (QED) is 0.907. The van der Waals surface area contributed by atoms with Crippen molar-refractivity contribution in [1.29, 1.82) is 0 Å². The molecule has 2 aromatic rings. The van der Waals surface area contributed by atoms with Gasteiger partial charge in [0.05, 0.1) is 16.8 Å². The maximum atomic E-state index is 12.3. The van der Waals surface area contributed by atoms with Crippen molar-refractivity contribution in [3.63, 3.8) is 0 Å². The van der Waals surface area contributed by atoms with Crippen molar-refractivity contribution in [1.82, 2.24) is 9.78 Å². The highest BCUT2D eigenvalue weighted by molar-refractivity contribution is 6.06. The number of carboxylic acids is 1. The number of aromatic carboxylic acids is 1. The predicted octanol–water partition coefficient (Wildman–Crippen LogP) is 2.30. The van der Waals surface area contributed by atoms with Gasteiger partial charge in [0.1, 0.15) is 0 Å². The highest BCUT2D eigenvalue weighted by Gasteiger charge is 2.17. The second kappa shape index (κ2) is 5.40. The summed E-state index contributed by atoms with van der Waals surface area (Å²) in [7, 11) is 1.78. The maximum absolute atomic E-state index is 12.3. The molecule has 1 aromatic heterocycles. The molecule has 6 nitrogen and oxygen atoms in total. The molecule has 0 saturated heterocycles. The van der Waals surface area contributed by atoms with Crippen LogP contribution in [-0.2, 0) is 7.05 Å². The number of carbonyl (C=O) groups is 2. The van der Waals surface area contributed by atoms with Gasteiger partial charge in [-0.1, -0.05) is 0 Å². The summed E-state index contributed by atoms with van der Waals surface area (Å²) in [6.07, 6.45) is 0. The molecule has 0 aliphatic carbocycles. The molecule has 110 valence electrons. The van der Waals surface area contributed by atoms with Gasteiger partial charge in [0.15, 0.2) is 0 Å². The Labute approximate surface area is 122 Å². The van der Waals surface area contributed by atoms with Crippen molar-refractivity contribution in [2.24, 2.45) is 7.05 Å². The Hall–Kier alpha value is -2.63. The van der Waals surface area contributed by atoms with Crippen molar-refractivity contribution in [3.8, 4) is 0 Å². The fourth-order valence-electron chi connectivity index (χ4n) is 2.28. The molecule has 21 heavy (non-hydrogen) atoms. The minimum atomic E-state index is -0.982. The lowest BCUT2D eigenvalue weighted by Crippen LogP contribution is -2.14. The fraction of sp³-hybridized carbons (Fsp3) is 0.267. The second-order valence-electron chi connectivity index (χ2n) is 4.96. The molecule has 0 atom stereocenters. The van der Waals surface area contributed by atoms with Crippen molar-refractivity contribution in [2.45, 2.75) is 20.8 Å². The van der Waals surface area contributed by atoms with Crippen LogP contribution in [0, 0.1) is 20.8 Å². The highest BCUT2D eigenvalue weighted by atomic mass is 16.4. The Balaban J connectivity index is 2.28. The third-order valence-electron chi connectivity index (χ3n) is 3.45. The number of carboxylic acid groups (broad SMARTS) is 1. The molecule has 1 heterocycles. The smallest absolute Gasteiger partial charge is 0.335 e. The van der Waals surface area contributed by atoms with E-state index < -0.39 is 5.97 Å². The summed E-state index contributed by atoms with van der Waals surface area (Å²) in [6.45, 7) is 5.30. The van der Waals surface area contributed by atoms with Crippen LogP contribution in [-0.4, -0.2) is 26.8 Å². The van der Waals surface area contributed by atoms with Crippen LogP contribution in [0.3, 0.4) is 0 Å². The average molecular weight is 287 g/mol. The molecule has 2 rings (SSSR count). The van der Waals surface area contributed by atoms with Crippen molar-refractivity contribution in [3.05, 3.63) is 46.3 Å². The lowest BCUT2D eigenvalue weighted by atomic mass is 10.1. The summed E-state index contributed by atoms with van der Waals surface area (Å²) in [4.78, 5) is 23.3. The normalized spacial score (nSPS) is 10.5. The second-order valence-corrected chi connectivity index (χ2v) is 4.96. The highest BCUT2D eigenvalue weighted by Crippen LogP contribution is 2.18. The van der Waals surface area contributed by atoms with E-state index in [1.807, 2.05) is 6.92 Å². The van der Waals surface area contributed by atoms with E-state index in [1.54, 1.807) is 37.7 Å². The number of nitrogens with zero attached hydrogens (tertiary/aromatic N) is 2. The van der Waals surface area contributed by atoms with Crippen LogP contribution >= 0.6 is 0 Å². The van der Waals surface area contributed by atoms with Crippen LogP contribution in [0.5, 0.6) is 0 Å². The first kappa shape index (κ1) is 14.8. The van der Waals surface area contributed by atoms with Crippen molar-refractivity contribution >= 4 is 17.6 Å². The van der Waals surface area contributed by atoms with Crippen LogP contribution in [0.4, 0.5) is 5.69 Å². The number of hydrogen-bond donors (Lipinski definition) is 2. The molecule has 0 saturated carbocycles. The molecule has 0 aliphatic rings. The molecular formula is C15H17N3O3. The van der Waals surface area contributed by atoms with E-state index in [1.165, 1.54) is 6.07 Å². The van der Waals surface area contributed by atoms with Crippen LogP contribution < -0.4 is 5.32 Å². The summed E-state index contributed by atoms with van der Waals surface area (Å²) in [5.41, 5.74) is 3.36. The number of amides is 1. The molecule has 6 heteroatoms. The Bertz CT molecular complexity index is 732. The van der Waals surface area contributed by atoms with Gasteiger partial charge in [0, 0.05) is 18.4 Å². The minimum Gasteiger partial charge on any atom is -0.478 e. The number of benzene rings is 1. The number of carbonyl (C=O) groups excluding carboxylic acids is 1. The third kappa shape index (κ3) is 2.79. The van der Waals surface area contributed by atoms with Gasteiger partial charge < -0.3 is 10.4 Å². The van der Waals surface area contributed by atoms with E-state index >= 15 is 0 Å². The van der Waals surface area contributed by atoms with Crippen molar-refractivity contribution in [2.75, 3.05) is 5.32 Å². The lowest BCUT2D eigenvalue weighted by molar-refractivity contribution is 0.0696. The standard InChI is InChI=1S/C15H17N3O3/c1-8-7-11(5-6-12(8)15(20)21)16-14(19)13-9(2)17-18(4)10(13)3/h5-7H,1-4H3,(H,16,19)(H,20,21). The molecule has 0 spiro atoms. The van der Waals surface area contributed by atoms with Gasteiger partial charge in [-0.2, -0.15) is 5.10 Å². The van der Waals surface area contributed by atoms with Gasteiger partial charge in [-0.3, -0.25) is 9.48 Å². The fourth-order valence-corrected chi connectivity index (χ4v) is 2.28. The molecule has 1 amide bonds. The van der Waals surface area contributed by atoms with E-state index in [9.17, 15) is 9.59 Å². The zero-order valence-corrected chi connectivity index (χ0v) is 12.4. The zero-order chi connectivity index (χ0) is 15.7. The van der Waals surface area contributed by atoms with Crippen LogP contribution in [0.15, 0.2) is 18.2 Å². The first-order chi connectivity index (χ1) is 9.81. The molecule has 0 bridgehead atoms. The molecular weight excluding hydrogens is 270 g/mol. The monoisotopic (exact) mass is 287 g/mol. The van der Waals surface area contributed by atoms with E-state index in [0.29, 0.717) is 22.5 Å². The number of aryl methyl sites for hydroxylation is 3. The predicted molar refractivity (Wildman–Crippen MR) is 78.8 cm³/mol. The van der Waals surface area contributed by atoms with E-state index in [4.69, 9.17) is 5.11 Å². The molecule has 0 radical (unpaired) electrons. The Morgan fingerprint density at radius 3 is 2.38 bits per heavy atom.